The highest BCUT2D eigenvalue weighted by atomic mass is 16.4. The summed E-state index contributed by atoms with van der Waals surface area (Å²) in [6.07, 6.45) is 19.6. The number of aryl methyl sites for hydroxylation is 7. The number of aromatic hydroxyl groups is 1. The van der Waals surface area contributed by atoms with Crippen molar-refractivity contribution < 1.29 is 34.8 Å². The van der Waals surface area contributed by atoms with Crippen molar-refractivity contribution in [2.24, 2.45) is 25.4 Å². The number of aromatic nitrogens is 7. The largest absolute Gasteiger partial charge is 0.508 e. The number of fused-ring (bicyclic) bond motifs is 2. The number of Topliss-reactive ketones (excluding diaryl/α,β-unsaturated/α-hetero) is 1. The third-order valence-electron chi connectivity index (χ3n) is 12.9. The highest BCUT2D eigenvalue weighted by Gasteiger charge is 2.04. The Labute approximate surface area is 681 Å². The van der Waals surface area contributed by atoms with Crippen molar-refractivity contribution in [2.75, 3.05) is 39.8 Å². The maximum Gasteiger partial charge on any atom is 0.335 e. The van der Waals surface area contributed by atoms with Crippen molar-refractivity contribution in [3.05, 3.63) is 233 Å². The van der Waals surface area contributed by atoms with Crippen LogP contribution in [0.2, 0.25) is 0 Å². The molecule has 0 aliphatic carbocycles. The lowest BCUT2D eigenvalue weighted by Crippen LogP contribution is -2.40. The lowest BCUT2D eigenvalue weighted by Gasteiger charge is -2.21. The first-order valence-corrected chi connectivity index (χ1v) is 35.5. The molecule has 4 aromatic heterocycles. The molecular formula is C91H156N14O7. The van der Waals surface area contributed by atoms with Gasteiger partial charge in [-0.15, -0.1) is 5.10 Å². The molecule has 1 fully saturated rings. The summed E-state index contributed by atoms with van der Waals surface area (Å²) in [5.74, 6) is -0.717. The zero-order valence-electron chi connectivity index (χ0n) is 66.6. The van der Waals surface area contributed by atoms with Crippen LogP contribution in [-0.4, -0.2) is 142 Å². The molecule has 0 spiro atoms. The topological polar surface area (TPSA) is 305 Å². The van der Waals surface area contributed by atoms with Crippen LogP contribution < -0.4 is 5.32 Å². The second-order valence-corrected chi connectivity index (χ2v) is 21.6. The Balaban J connectivity index is -0.0000000964. The second-order valence-electron chi connectivity index (χ2n) is 21.6. The Hall–Kier alpha value is -10.4. The number of likely N-dealkylation sites (N-methyl/N-ethyl adjacent to an activating group) is 1. The Morgan fingerprint density at radius 3 is 1.38 bits per heavy atom. The van der Waals surface area contributed by atoms with E-state index < -0.39 is 18.0 Å². The number of phenolic OH excluding ortho intramolecular Hbond substituents is 1. The van der Waals surface area contributed by atoms with E-state index in [1.807, 2.05) is 178 Å². The fraction of sp³-hybridized carbons (Fsp3) is 0.440. The maximum absolute atomic E-state index is 10.3. The van der Waals surface area contributed by atoms with Gasteiger partial charge in [0.2, 0.25) is 0 Å². The summed E-state index contributed by atoms with van der Waals surface area (Å²) < 4.78 is 0. The molecule has 21 nitrogen and oxygen atoms in total. The number of carbonyl (C=O) groups is 3. The number of ketones is 1. The number of aliphatic imine (C=N–C) groups is 2. The summed E-state index contributed by atoms with van der Waals surface area (Å²) in [4.78, 5) is 58.1. The van der Waals surface area contributed by atoms with E-state index in [1.54, 1.807) is 49.5 Å². The molecule has 1 unspecified atom stereocenters. The SMILES string of the molecule is C.C.C.C.C.C.C.C.CC.CC.CC.CC.CC.CC(=O)C(C)O.CC1=CN=CC1.CC1=NN=NC1.CCC(=O)O.CN1CCNCC1.Cc1c[nH]c2ccccc12.Cc1ccc(C(=O)O)cc1.Cc1ccc(C2=CN=CC2)cc1.Cc1ccc(O)cc1.Cc1ccc2cn[nH]c2c1.Cc1cccnc1.Cc1ncncn1. The predicted molar refractivity (Wildman–Crippen MR) is 492 cm³/mol. The maximum atomic E-state index is 10.3. The zero-order chi connectivity index (χ0) is 79.5. The molecule has 1 atom stereocenters. The number of aliphatic carboxylic acids is 1. The quantitative estimate of drug-likeness (QED) is 0.0862. The molecule has 9 aromatic rings. The van der Waals surface area contributed by atoms with E-state index in [2.05, 4.69) is 166 Å². The number of rotatable bonds is 4. The number of allylic oxidation sites excluding steroid dienone is 2. The van der Waals surface area contributed by atoms with Crippen LogP contribution in [0.15, 0.2) is 208 Å². The van der Waals surface area contributed by atoms with Crippen LogP contribution in [0.5, 0.6) is 5.75 Å². The minimum Gasteiger partial charge on any atom is -0.508 e. The van der Waals surface area contributed by atoms with Gasteiger partial charge in [0.25, 0.3) is 0 Å². The molecule has 13 rings (SSSR count). The van der Waals surface area contributed by atoms with Crippen molar-refractivity contribution in [3.8, 4) is 5.75 Å². The molecule has 5 aromatic carbocycles. The van der Waals surface area contributed by atoms with Crippen LogP contribution in [0.4, 0.5) is 0 Å². The first-order valence-electron chi connectivity index (χ1n) is 35.5. The van der Waals surface area contributed by atoms with E-state index in [9.17, 15) is 14.4 Å². The number of carboxylic acids is 2. The number of para-hydroxylation sites is 1. The van der Waals surface area contributed by atoms with E-state index >= 15 is 0 Å². The number of carboxylic acid groups (broad SMARTS) is 2. The normalized spacial score (nSPS) is 10.9. The molecule has 0 bridgehead atoms. The minimum absolute atomic E-state index is 0. The lowest BCUT2D eigenvalue weighted by molar-refractivity contribution is -0.136. The van der Waals surface area contributed by atoms with E-state index in [0.717, 1.165) is 48.5 Å². The number of H-pyrrole nitrogens is 2. The van der Waals surface area contributed by atoms with Gasteiger partial charge in [0.1, 0.15) is 36.9 Å². The number of pyridine rings is 1. The lowest BCUT2D eigenvalue weighted by atomic mass is 10.0. The first-order chi connectivity index (χ1) is 50.0. The van der Waals surface area contributed by atoms with Gasteiger partial charge >= 0.3 is 11.9 Å². The van der Waals surface area contributed by atoms with Gasteiger partial charge in [-0.05, 0) is 164 Å². The number of phenols is 1. The van der Waals surface area contributed by atoms with Crippen LogP contribution in [0.3, 0.4) is 0 Å². The van der Waals surface area contributed by atoms with Gasteiger partial charge in [0.15, 0.2) is 5.78 Å². The number of hydrogen-bond acceptors (Lipinski definition) is 17. The molecule has 0 radical (unpaired) electrons. The average Bonchev–Trinajstić information content (AvgIpc) is 1.70. The third-order valence-corrected chi connectivity index (χ3v) is 12.9. The van der Waals surface area contributed by atoms with Crippen molar-refractivity contribution in [1.82, 2.24) is 45.3 Å². The molecule has 8 heterocycles. The van der Waals surface area contributed by atoms with Crippen molar-refractivity contribution in [3.63, 3.8) is 0 Å². The number of benzene rings is 5. The van der Waals surface area contributed by atoms with Gasteiger partial charge in [-0.3, -0.25) is 29.7 Å². The number of nitrogens with zero attached hydrogens (tertiary/aromatic N) is 11. The van der Waals surface area contributed by atoms with Gasteiger partial charge in [0.05, 0.1) is 23.0 Å². The van der Waals surface area contributed by atoms with E-state index in [0.29, 0.717) is 17.9 Å². The summed E-state index contributed by atoms with van der Waals surface area (Å²) >= 11 is 0. The van der Waals surface area contributed by atoms with Crippen molar-refractivity contribution >= 4 is 63.2 Å². The fourth-order valence-corrected chi connectivity index (χ4v) is 7.04. The van der Waals surface area contributed by atoms with Gasteiger partial charge in [-0.2, -0.15) is 10.2 Å². The monoisotopic (exact) mass is 1560 g/mol. The highest BCUT2D eigenvalue weighted by molar-refractivity contribution is 5.88. The van der Waals surface area contributed by atoms with Gasteiger partial charge in [-0.1, -0.05) is 237 Å². The number of hydrogen-bond donors (Lipinski definition) is 7. The molecule has 7 N–H and O–H groups in total. The third kappa shape index (κ3) is 70.1. The zero-order valence-corrected chi connectivity index (χ0v) is 66.6. The molecule has 112 heavy (non-hydrogen) atoms. The van der Waals surface area contributed by atoms with Crippen molar-refractivity contribution in [1.29, 1.82) is 0 Å². The number of nitrogens with one attached hydrogen (secondary N) is 3. The molecule has 0 saturated carbocycles. The van der Waals surface area contributed by atoms with E-state index in [1.165, 1.54) is 100 Å². The number of aromatic amines is 2. The first kappa shape index (κ1) is 128. The molecule has 4 aliphatic heterocycles. The van der Waals surface area contributed by atoms with Crippen LogP contribution in [-0.2, 0) is 9.59 Å². The van der Waals surface area contributed by atoms with Gasteiger partial charge in [0, 0.05) is 105 Å². The number of aromatic carboxylic acids is 1. The van der Waals surface area contributed by atoms with Crippen molar-refractivity contribution in [2.45, 2.75) is 237 Å². The summed E-state index contributed by atoms with van der Waals surface area (Å²) in [5, 5.41) is 56.4. The minimum atomic E-state index is -0.875. The standard InChI is InChI=1S/C11H11N.C9H9N.C8H8N2.C8H8O2.C7H8O.C6H7N.C5H12N2.C5H7N.C4H5N3.C4H8O2.C3H5N3.C3H6O2.5C2H6.8CH4/c1-9-2-4-10(5-3-9)11-6-7-12-8-11;1-7-6-10-9-5-3-2-4-8(7)9;1-6-2-3-7-5-9-10-8(7)4-6;1-6-2-4-7(5-3-6)8(9)10;1-6-2-4-7(8)5-3-6;1-6-3-2-4-7-5-6;1-7-4-2-6-3-5-7;1-5-2-3-6-4-5;1-4-6-2-5-3-7-4;1-3(5)4(2)6;1-3-2-4-6-5-3;1-2-3(4)5;5*1-2;;;;;;;;/h2-5,7-8H,6H2,1H3;2-6,10H,1H3;2*2-5H,1H3,(H,9,10);2-5,8H,1H3;2-5H,1H3;6H,2-5H2,1H3;3-4H,2H2,1H3;2-3H,1H3;3,5H,1-2H3;2H2,1H3;2H2,1H3,(H,4,5);5*1-2H3;8*1H4. The summed E-state index contributed by atoms with van der Waals surface area (Å²) in [6.45, 7) is 47.8. The summed E-state index contributed by atoms with van der Waals surface area (Å²) in [6, 6.07) is 40.9. The number of aliphatic hydroxyl groups excluding tert-OH is 1. The number of carbonyl (C=O) groups excluding carboxylic acids is 1. The fourth-order valence-electron chi connectivity index (χ4n) is 7.04. The van der Waals surface area contributed by atoms with Gasteiger partial charge < -0.3 is 35.6 Å². The Bertz CT molecular complexity index is 3660. The molecule has 21 heteroatoms. The van der Waals surface area contributed by atoms with Crippen LogP contribution in [0.1, 0.15) is 238 Å². The Kier molecular flexibility index (Phi) is 98.7. The molecule has 632 valence electrons. The average molecular weight is 1560 g/mol. The smallest absolute Gasteiger partial charge is 0.335 e. The van der Waals surface area contributed by atoms with Crippen LogP contribution in [0.25, 0.3) is 27.4 Å². The second kappa shape index (κ2) is 86.2. The predicted octanol–water partition coefficient (Wildman–Crippen LogP) is 24.5. The molecule has 4 aliphatic rings. The number of piperazine rings is 1. The Morgan fingerprint density at radius 2 is 1.05 bits per heavy atom. The van der Waals surface area contributed by atoms with Gasteiger partial charge in [-0.25, -0.2) is 19.7 Å². The van der Waals surface area contributed by atoms with Crippen LogP contribution >= 0.6 is 0 Å². The molecular weight excluding hydrogens is 1400 g/mol. The summed E-state index contributed by atoms with van der Waals surface area (Å²) in [7, 11) is 2.15. The number of aliphatic hydroxyl groups is 1. The summed E-state index contributed by atoms with van der Waals surface area (Å²) in [5.41, 5.74) is 15.0. The molecule has 0 amide bonds. The van der Waals surface area contributed by atoms with Crippen LogP contribution in [0, 0.1) is 48.5 Å². The Morgan fingerprint density at radius 1 is 0.571 bits per heavy atom. The molecule has 1 saturated heterocycles. The highest BCUT2D eigenvalue weighted by Crippen LogP contribution is 2.21. The van der Waals surface area contributed by atoms with E-state index in [-0.39, 0.29) is 71.6 Å². The van der Waals surface area contributed by atoms with E-state index in [4.69, 9.17) is 20.4 Å².